The summed E-state index contributed by atoms with van der Waals surface area (Å²) in [5.41, 5.74) is 5.87. The summed E-state index contributed by atoms with van der Waals surface area (Å²) >= 11 is 0. The lowest BCUT2D eigenvalue weighted by atomic mass is 10.1. The van der Waals surface area contributed by atoms with Crippen molar-refractivity contribution >= 4 is 5.82 Å². The second-order valence-corrected chi connectivity index (χ2v) is 3.54. The molecule has 1 aliphatic heterocycles. The second-order valence-electron chi connectivity index (χ2n) is 3.54. The summed E-state index contributed by atoms with van der Waals surface area (Å²) in [7, 11) is 1.83. The van der Waals surface area contributed by atoms with Gasteiger partial charge in [0.2, 0.25) is 0 Å². The van der Waals surface area contributed by atoms with Crippen LogP contribution in [0.3, 0.4) is 0 Å². The zero-order valence-electron chi connectivity index (χ0n) is 7.85. The summed E-state index contributed by atoms with van der Waals surface area (Å²) in [5, 5.41) is 8.28. The lowest BCUT2D eigenvalue weighted by molar-refractivity contribution is 0.501. The first kappa shape index (κ1) is 8.50. The van der Waals surface area contributed by atoms with Crippen LogP contribution in [0.15, 0.2) is 6.20 Å². The molecular formula is C8H15N5. The molecule has 1 fully saturated rings. The highest BCUT2D eigenvalue weighted by Gasteiger charge is 2.18. The fourth-order valence-corrected chi connectivity index (χ4v) is 1.70. The average molecular weight is 181 g/mol. The van der Waals surface area contributed by atoms with Crippen molar-refractivity contribution in [2.24, 2.45) is 12.8 Å². The van der Waals surface area contributed by atoms with Crippen molar-refractivity contribution in [2.75, 3.05) is 18.0 Å². The molecule has 1 atom stereocenters. The van der Waals surface area contributed by atoms with E-state index in [0.717, 1.165) is 31.7 Å². The maximum Gasteiger partial charge on any atom is 0.171 e. The quantitative estimate of drug-likeness (QED) is 0.648. The Balaban J connectivity index is 2.08. The molecule has 0 amide bonds. The van der Waals surface area contributed by atoms with Gasteiger partial charge in [-0.25, -0.2) is 0 Å². The number of rotatable bonds is 1. The molecule has 72 valence electrons. The number of piperidine rings is 1. The van der Waals surface area contributed by atoms with Crippen molar-refractivity contribution in [1.82, 2.24) is 15.0 Å². The molecule has 0 saturated carbocycles. The average Bonchev–Trinajstić information content (AvgIpc) is 2.52. The summed E-state index contributed by atoms with van der Waals surface area (Å²) in [6.07, 6.45) is 4.06. The first-order valence-corrected chi connectivity index (χ1v) is 4.62. The van der Waals surface area contributed by atoms with E-state index in [-0.39, 0.29) is 6.04 Å². The Morgan fingerprint density at radius 2 is 2.46 bits per heavy atom. The van der Waals surface area contributed by atoms with E-state index in [2.05, 4.69) is 15.1 Å². The minimum Gasteiger partial charge on any atom is -0.352 e. The second kappa shape index (κ2) is 3.33. The van der Waals surface area contributed by atoms with Crippen molar-refractivity contribution in [3.63, 3.8) is 0 Å². The summed E-state index contributed by atoms with van der Waals surface area (Å²) < 4.78 is 0. The first-order chi connectivity index (χ1) is 6.25. The van der Waals surface area contributed by atoms with Crippen LogP contribution < -0.4 is 10.6 Å². The van der Waals surface area contributed by atoms with Gasteiger partial charge < -0.3 is 10.6 Å². The highest BCUT2D eigenvalue weighted by Crippen LogP contribution is 2.15. The van der Waals surface area contributed by atoms with E-state index in [1.54, 1.807) is 11.0 Å². The smallest absolute Gasteiger partial charge is 0.171 e. The molecule has 0 radical (unpaired) electrons. The Bertz CT molecular complexity index is 282. The van der Waals surface area contributed by atoms with Crippen molar-refractivity contribution in [2.45, 2.75) is 18.9 Å². The van der Waals surface area contributed by atoms with E-state index in [0.29, 0.717) is 0 Å². The van der Waals surface area contributed by atoms with Crippen molar-refractivity contribution in [3.8, 4) is 0 Å². The van der Waals surface area contributed by atoms with Gasteiger partial charge in [0.15, 0.2) is 5.82 Å². The topological polar surface area (TPSA) is 60.0 Å². The van der Waals surface area contributed by atoms with E-state index >= 15 is 0 Å². The van der Waals surface area contributed by atoms with Crippen LogP contribution in [0.25, 0.3) is 0 Å². The minimum absolute atomic E-state index is 0.288. The van der Waals surface area contributed by atoms with Gasteiger partial charge >= 0.3 is 0 Å². The maximum absolute atomic E-state index is 5.87. The van der Waals surface area contributed by atoms with Gasteiger partial charge in [-0.15, -0.1) is 5.10 Å². The van der Waals surface area contributed by atoms with Gasteiger partial charge in [-0.2, -0.15) is 9.90 Å². The molecule has 13 heavy (non-hydrogen) atoms. The van der Waals surface area contributed by atoms with Crippen molar-refractivity contribution in [3.05, 3.63) is 6.20 Å². The van der Waals surface area contributed by atoms with Gasteiger partial charge in [-0.05, 0) is 12.8 Å². The summed E-state index contributed by atoms with van der Waals surface area (Å²) in [6, 6.07) is 0.288. The number of anilines is 1. The van der Waals surface area contributed by atoms with Gasteiger partial charge in [0, 0.05) is 26.2 Å². The molecule has 0 spiro atoms. The molecule has 0 aliphatic carbocycles. The third-order valence-electron chi connectivity index (χ3n) is 2.37. The molecule has 2 rings (SSSR count). The molecule has 0 aromatic carbocycles. The number of hydrogen-bond donors (Lipinski definition) is 1. The summed E-state index contributed by atoms with van der Waals surface area (Å²) in [6.45, 7) is 1.95. The van der Waals surface area contributed by atoms with Crippen LogP contribution >= 0.6 is 0 Å². The number of nitrogens with two attached hydrogens (primary N) is 1. The standard InChI is InChI=1S/C8H15N5/c1-12-10-5-8(11-12)13-4-2-3-7(9)6-13/h5,7H,2-4,6,9H2,1H3. The Kier molecular flexibility index (Phi) is 2.18. The van der Waals surface area contributed by atoms with Crippen LogP contribution in [-0.2, 0) is 7.05 Å². The molecule has 0 bridgehead atoms. The first-order valence-electron chi connectivity index (χ1n) is 4.62. The highest BCUT2D eigenvalue weighted by atomic mass is 15.5. The predicted octanol–water partition coefficient (Wildman–Crippen LogP) is -0.257. The third kappa shape index (κ3) is 1.80. The number of nitrogens with zero attached hydrogens (tertiary/aromatic N) is 4. The number of aromatic nitrogens is 3. The maximum atomic E-state index is 5.87. The number of hydrogen-bond acceptors (Lipinski definition) is 4. The minimum atomic E-state index is 0.288. The van der Waals surface area contributed by atoms with E-state index in [4.69, 9.17) is 5.73 Å². The molecule has 2 heterocycles. The Morgan fingerprint density at radius 3 is 3.08 bits per heavy atom. The van der Waals surface area contributed by atoms with Crippen LogP contribution in [0.2, 0.25) is 0 Å². The largest absolute Gasteiger partial charge is 0.352 e. The predicted molar refractivity (Wildman–Crippen MR) is 50.4 cm³/mol. The molecular weight excluding hydrogens is 166 g/mol. The zero-order chi connectivity index (χ0) is 9.26. The Morgan fingerprint density at radius 1 is 1.62 bits per heavy atom. The van der Waals surface area contributed by atoms with Gasteiger partial charge in [0.1, 0.15) is 0 Å². The van der Waals surface area contributed by atoms with Gasteiger partial charge in [0.25, 0.3) is 0 Å². The molecule has 2 N–H and O–H groups in total. The fraction of sp³-hybridized carbons (Fsp3) is 0.750. The van der Waals surface area contributed by atoms with Crippen LogP contribution in [0.1, 0.15) is 12.8 Å². The third-order valence-corrected chi connectivity index (χ3v) is 2.37. The van der Waals surface area contributed by atoms with E-state index in [1.165, 1.54) is 0 Å². The molecule has 1 aliphatic rings. The molecule has 5 nitrogen and oxygen atoms in total. The Labute approximate surface area is 77.5 Å². The molecule has 1 unspecified atom stereocenters. The Hall–Kier alpha value is -1.10. The summed E-state index contributed by atoms with van der Waals surface area (Å²) in [4.78, 5) is 3.77. The van der Waals surface area contributed by atoms with Crippen LogP contribution in [0, 0.1) is 0 Å². The van der Waals surface area contributed by atoms with E-state index in [9.17, 15) is 0 Å². The van der Waals surface area contributed by atoms with Crippen LogP contribution in [-0.4, -0.2) is 34.1 Å². The number of aryl methyl sites for hydroxylation is 1. The lowest BCUT2D eigenvalue weighted by Gasteiger charge is -2.30. The monoisotopic (exact) mass is 181 g/mol. The van der Waals surface area contributed by atoms with Gasteiger partial charge in [-0.1, -0.05) is 0 Å². The zero-order valence-corrected chi connectivity index (χ0v) is 7.85. The lowest BCUT2D eigenvalue weighted by Crippen LogP contribution is -2.43. The van der Waals surface area contributed by atoms with Gasteiger partial charge in [-0.3, -0.25) is 0 Å². The molecule has 1 aromatic rings. The SMILES string of the molecule is Cn1ncc(N2CCCC(N)C2)n1. The van der Waals surface area contributed by atoms with Gasteiger partial charge in [0.05, 0.1) is 6.20 Å². The summed E-state index contributed by atoms with van der Waals surface area (Å²) in [5.74, 6) is 0.942. The fourth-order valence-electron chi connectivity index (χ4n) is 1.70. The van der Waals surface area contributed by atoms with Crippen molar-refractivity contribution < 1.29 is 0 Å². The van der Waals surface area contributed by atoms with Crippen molar-refractivity contribution in [1.29, 1.82) is 0 Å². The molecule has 5 heteroatoms. The van der Waals surface area contributed by atoms with Crippen LogP contribution in [0.4, 0.5) is 5.82 Å². The highest BCUT2D eigenvalue weighted by molar-refractivity contribution is 5.35. The molecule has 1 saturated heterocycles. The normalized spacial score (nSPS) is 23.5. The molecule has 1 aromatic heterocycles. The van der Waals surface area contributed by atoms with Crippen LogP contribution in [0.5, 0.6) is 0 Å². The van der Waals surface area contributed by atoms with E-state index in [1.807, 2.05) is 7.05 Å². The van der Waals surface area contributed by atoms with E-state index < -0.39 is 0 Å².